The van der Waals surface area contributed by atoms with Gasteiger partial charge in [0, 0.05) is 0 Å². The summed E-state index contributed by atoms with van der Waals surface area (Å²) in [5, 5.41) is -6.03. The van der Waals surface area contributed by atoms with Gasteiger partial charge in [-0.05, 0) is 20.3 Å². The fraction of sp³-hybridized carbons (Fsp3) is 0.875. The van der Waals surface area contributed by atoms with Gasteiger partial charge in [0.05, 0.1) is 5.41 Å². The number of halogens is 4. The van der Waals surface area contributed by atoms with E-state index in [0.29, 0.717) is 0 Å². The summed E-state index contributed by atoms with van der Waals surface area (Å²) in [5.41, 5.74) is -1.52. The van der Waals surface area contributed by atoms with E-state index < -0.39 is 32.9 Å². The quantitative estimate of drug-likeness (QED) is 0.438. The second-order valence-corrected chi connectivity index (χ2v) is 5.54. The van der Waals surface area contributed by atoms with Crippen molar-refractivity contribution in [2.24, 2.45) is 5.41 Å². The molecule has 0 atom stereocenters. The zero-order chi connectivity index (χ0) is 15.0. The molecule has 0 rings (SSSR count). The third-order valence-corrected chi connectivity index (χ3v) is 3.18. The smallest absolute Gasteiger partial charge is 0.481 e. The molecule has 0 aliphatic carbocycles. The first-order chi connectivity index (χ1) is 7.69. The van der Waals surface area contributed by atoms with Crippen LogP contribution in [0.1, 0.15) is 27.2 Å². The molecule has 0 spiro atoms. The lowest BCUT2D eigenvalue weighted by atomic mass is 9.91. The van der Waals surface area contributed by atoms with Gasteiger partial charge in [0.25, 0.3) is 0 Å². The van der Waals surface area contributed by atoms with E-state index in [1.165, 1.54) is 6.92 Å². The Kier molecular flexibility index (Phi) is 4.42. The minimum absolute atomic E-state index is 0.0163. The van der Waals surface area contributed by atoms with Gasteiger partial charge in [-0.2, -0.15) is 17.6 Å². The number of carbonyl (C=O) groups excluding carboxylic acids is 1. The molecule has 5 nitrogen and oxygen atoms in total. The highest BCUT2D eigenvalue weighted by atomic mass is 32.2. The molecule has 0 aromatic carbocycles. The Hall–Kier alpha value is -0.900. The van der Waals surface area contributed by atoms with Crippen molar-refractivity contribution in [2.45, 2.75) is 38.6 Å². The van der Waals surface area contributed by atoms with Crippen LogP contribution in [0.5, 0.6) is 0 Å². The lowest BCUT2D eigenvalue weighted by Crippen LogP contribution is -2.51. The maximum Gasteiger partial charge on any atom is 0.481 e. The predicted molar refractivity (Wildman–Crippen MR) is 49.8 cm³/mol. The molecule has 0 unspecified atom stereocenters. The molecule has 0 aromatic heterocycles. The van der Waals surface area contributed by atoms with Crippen molar-refractivity contribution in [1.29, 1.82) is 0 Å². The van der Waals surface area contributed by atoms with Gasteiger partial charge >= 0.3 is 17.3 Å². The van der Waals surface area contributed by atoms with Crippen LogP contribution in [0.4, 0.5) is 17.6 Å². The summed E-state index contributed by atoms with van der Waals surface area (Å²) >= 11 is 0. The van der Waals surface area contributed by atoms with Crippen molar-refractivity contribution >= 4 is 16.1 Å². The first-order valence-electron chi connectivity index (χ1n) is 4.63. The first kappa shape index (κ1) is 17.1. The van der Waals surface area contributed by atoms with Crippen LogP contribution in [0.3, 0.4) is 0 Å². The Balaban J connectivity index is 5.28. The molecule has 0 radical (unpaired) electrons. The van der Waals surface area contributed by atoms with Gasteiger partial charge in [-0.15, -0.1) is 0 Å². The molecular weight excluding hydrogens is 284 g/mol. The van der Waals surface area contributed by atoms with Crippen molar-refractivity contribution in [3.8, 4) is 0 Å². The second kappa shape index (κ2) is 4.65. The SMILES string of the molecule is CCC(C)(C)C(=O)OC(F)(F)C(F)(F)S(=O)(=O)[O-]. The van der Waals surface area contributed by atoms with Crippen LogP contribution < -0.4 is 0 Å². The van der Waals surface area contributed by atoms with Crippen molar-refractivity contribution < 1.29 is 40.1 Å². The number of rotatable bonds is 5. The van der Waals surface area contributed by atoms with Gasteiger partial charge in [-0.3, -0.25) is 4.79 Å². The number of ether oxygens (including phenoxy) is 1. The van der Waals surface area contributed by atoms with E-state index in [9.17, 15) is 35.3 Å². The third-order valence-electron chi connectivity index (χ3n) is 2.31. The molecule has 0 aliphatic rings. The summed E-state index contributed by atoms with van der Waals surface area (Å²) < 4.78 is 84.2. The summed E-state index contributed by atoms with van der Waals surface area (Å²) in [5.74, 6) is -1.74. The van der Waals surface area contributed by atoms with Gasteiger partial charge in [-0.1, -0.05) is 6.92 Å². The van der Waals surface area contributed by atoms with Gasteiger partial charge in [0.2, 0.25) is 0 Å². The molecule has 0 bridgehead atoms. The Morgan fingerprint density at radius 2 is 1.61 bits per heavy atom. The van der Waals surface area contributed by atoms with Crippen molar-refractivity contribution in [1.82, 2.24) is 0 Å². The van der Waals surface area contributed by atoms with E-state index in [0.717, 1.165) is 13.8 Å². The van der Waals surface area contributed by atoms with Gasteiger partial charge in [0.1, 0.15) is 0 Å². The maximum absolute atomic E-state index is 12.8. The summed E-state index contributed by atoms with van der Waals surface area (Å²) in [6.45, 7) is 3.67. The molecule has 0 saturated heterocycles. The van der Waals surface area contributed by atoms with E-state index >= 15 is 0 Å². The van der Waals surface area contributed by atoms with Crippen LogP contribution >= 0.6 is 0 Å². The Bertz CT molecular complexity index is 429. The van der Waals surface area contributed by atoms with Gasteiger partial charge < -0.3 is 9.29 Å². The minimum Gasteiger partial charge on any atom is -0.743 e. The Labute approximate surface area is 101 Å². The summed E-state index contributed by atoms with van der Waals surface area (Å²) in [4.78, 5) is 11.2. The minimum atomic E-state index is -6.67. The average Bonchev–Trinajstić information content (AvgIpc) is 2.14. The Morgan fingerprint density at radius 3 is 1.89 bits per heavy atom. The second-order valence-electron chi connectivity index (χ2n) is 4.11. The van der Waals surface area contributed by atoms with E-state index in [2.05, 4.69) is 4.74 Å². The lowest BCUT2D eigenvalue weighted by molar-refractivity contribution is -0.306. The zero-order valence-corrected chi connectivity index (χ0v) is 10.5. The van der Waals surface area contributed by atoms with Crippen LogP contribution in [0.15, 0.2) is 0 Å². The molecule has 108 valence electrons. The van der Waals surface area contributed by atoms with E-state index in [1.54, 1.807) is 0 Å². The summed E-state index contributed by atoms with van der Waals surface area (Å²) in [6.07, 6.45) is -5.74. The molecule has 0 saturated carbocycles. The largest absolute Gasteiger partial charge is 0.743 e. The van der Waals surface area contributed by atoms with Crippen LogP contribution in [-0.2, 0) is 19.6 Å². The van der Waals surface area contributed by atoms with Gasteiger partial charge in [-0.25, -0.2) is 8.42 Å². The molecule has 0 amide bonds. The highest BCUT2D eigenvalue weighted by Crippen LogP contribution is 2.40. The standard InChI is InChI=1S/C8H12F4O5S/c1-4-6(2,3)5(13)17-7(9,10)8(11,12)18(14,15)16/h4H2,1-3H3,(H,14,15,16)/p-1. The fourth-order valence-electron chi connectivity index (χ4n) is 0.604. The molecule has 18 heavy (non-hydrogen) atoms. The topological polar surface area (TPSA) is 83.5 Å². The number of alkyl halides is 4. The highest BCUT2D eigenvalue weighted by Gasteiger charge is 2.66. The first-order valence-corrected chi connectivity index (χ1v) is 6.04. The van der Waals surface area contributed by atoms with Crippen LogP contribution in [0.25, 0.3) is 0 Å². The summed E-state index contributed by atoms with van der Waals surface area (Å²) in [7, 11) is -6.67. The highest BCUT2D eigenvalue weighted by molar-refractivity contribution is 7.86. The van der Waals surface area contributed by atoms with E-state index in [1.807, 2.05) is 0 Å². The third kappa shape index (κ3) is 3.10. The van der Waals surface area contributed by atoms with Crippen LogP contribution in [-0.4, -0.2) is 30.3 Å². The molecule has 0 fully saturated rings. The maximum atomic E-state index is 12.8. The number of carbonyl (C=O) groups is 1. The Morgan fingerprint density at radius 1 is 1.22 bits per heavy atom. The fourth-order valence-corrected chi connectivity index (χ4v) is 0.937. The average molecular weight is 295 g/mol. The van der Waals surface area contributed by atoms with Crippen molar-refractivity contribution in [3.63, 3.8) is 0 Å². The number of esters is 1. The van der Waals surface area contributed by atoms with Crippen molar-refractivity contribution in [3.05, 3.63) is 0 Å². The van der Waals surface area contributed by atoms with E-state index in [-0.39, 0.29) is 6.42 Å². The van der Waals surface area contributed by atoms with E-state index in [4.69, 9.17) is 0 Å². The summed E-state index contributed by atoms with van der Waals surface area (Å²) in [6, 6.07) is 0. The predicted octanol–water partition coefficient (Wildman–Crippen LogP) is 1.70. The zero-order valence-electron chi connectivity index (χ0n) is 9.67. The molecule has 0 heterocycles. The molecule has 10 heteroatoms. The van der Waals surface area contributed by atoms with Crippen LogP contribution in [0, 0.1) is 5.41 Å². The molecular formula is C8H11F4O5S-. The monoisotopic (exact) mass is 295 g/mol. The normalized spacial score (nSPS) is 14.4. The number of hydrogen-bond donors (Lipinski definition) is 0. The van der Waals surface area contributed by atoms with Crippen LogP contribution in [0.2, 0.25) is 0 Å². The van der Waals surface area contributed by atoms with Gasteiger partial charge in [0.15, 0.2) is 10.1 Å². The molecule has 0 aliphatic heterocycles. The lowest BCUT2D eigenvalue weighted by Gasteiger charge is -2.30. The number of hydrogen-bond acceptors (Lipinski definition) is 5. The molecule has 0 N–H and O–H groups in total. The van der Waals surface area contributed by atoms with Crippen molar-refractivity contribution in [2.75, 3.05) is 0 Å². The molecule has 0 aromatic rings.